The number of nitrogens with one attached hydrogen (secondary N) is 2. The van der Waals surface area contributed by atoms with E-state index >= 15 is 0 Å². The molecule has 2 N–H and O–H groups in total. The van der Waals surface area contributed by atoms with Crippen molar-refractivity contribution in [2.75, 3.05) is 6.54 Å². The number of rotatable bonds is 5. The summed E-state index contributed by atoms with van der Waals surface area (Å²) in [6.45, 7) is -0.828. The van der Waals surface area contributed by atoms with Gasteiger partial charge in [-0.05, 0) is 42.0 Å². The zero-order valence-corrected chi connectivity index (χ0v) is 14.8. The molecule has 28 heavy (non-hydrogen) atoms. The molecule has 0 aliphatic rings. The van der Waals surface area contributed by atoms with Crippen molar-refractivity contribution in [1.29, 1.82) is 0 Å². The Bertz CT molecular complexity index is 859. The molecule has 0 radical (unpaired) electrons. The fraction of sp³-hybridized carbons (Fsp3) is 0.235. The molecule has 1 atom stereocenters. The fourth-order valence-corrected chi connectivity index (χ4v) is 2.51. The van der Waals surface area contributed by atoms with E-state index in [4.69, 9.17) is 12.2 Å². The molecule has 1 aromatic carbocycles. The molecule has 4 nitrogen and oxygen atoms in total. The first-order chi connectivity index (χ1) is 13.1. The Morgan fingerprint density at radius 1 is 1.18 bits per heavy atom. The average Bonchev–Trinajstić information content (AvgIpc) is 2.60. The number of alkyl halides is 5. The van der Waals surface area contributed by atoms with Gasteiger partial charge in [0.15, 0.2) is 5.11 Å². The highest BCUT2D eigenvalue weighted by molar-refractivity contribution is 7.80. The summed E-state index contributed by atoms with van der Waals surface area (Å²) in [5.41, 5.74) is -1.35. The Balaban J connectivity index is 2.38. The second-order valence-corrected chi connectivity index (χ2v) is 5.95. The van der Waals surface area contributed by atoms with Crippen LogP contribution in [-0.2, 0) is 11.0 Å². The van der Waals surface area contributed by atoms with Crippen molar-refractivity contribution < 1.29 is 31.1 Å². The number of aromatic nitrogens is 1. The lowest BCUT2D eigenvalue weighted by atomic mass is 9.93. The highest BCUT2D eigenvalue weighted by Gasteiger charge is 2.33. The van der Waals surface area contributed by atoms with Crippen molar-refractivity contribution in [2.45, 2.75) is 18.5 Å². The molecule has 1 heterocycles. The minimum atomic E-state index is -4.69. The Morgan fingerprint density at radius 2 is 1.89 bits per heavy atom. The standard InChI is InChI=1S/C17H13F6N3OS/c18-11-3-1-2-9(6-11)14(15(27)26-16(28)25-8-13(19)20)12-7-10(4-5-24-12)17(21,22)23/h1-7,13-14H,8H2,(H2,25,26,27,28). The van der Waals surface area contributed by atoms with Gasteiger partial charge in [-0.25, -0.2) is 13.2 Å². The van der Waals surface area contributed by atoms with Gasteiger partial charge in [0, 0.05) is 6.20 Å². The molecule has 2 rings (SSSR count). The Kier molecular flexibility index (Phi) is 6.95. The normalized spacial score (nSPS) is 12.5. The van der Waals surface area contributed by atoms with E-state index in [1.165, 1.54) is 12.1 Å². The van der Waals surface area contributed by atoms with E-state index in [0.717, 1.165) is 24.4 Å². The molecule has 0 fully saturated rings. The quantitative estimate of drug-likeness (QED) is 0.572. The molecular formula is C17H13F6N3OS. The molecule has 0 spiro atoms. The lowest BCUT2D eigenvalue weighted by molar-refractivity contribution is -0.137. The molecule has 0 bridgehead atoms. The molecule has 0 saturated heterocycles. The van der Waals surface area contributed by atoms with Crippen LogP contribution in [0.4, 0.5) is 26.3 Å². The number of carbonyl (C=O) groups is 1. The van der Waals surface area contributed by atoms with E-state index in [2.05, 4.69) is 15.6 Å². The SMILES string of the molecule is O=C(NC(=S)NCC(F)F)C(c1cccc(F)c1)c1cc(C(F)(F)F)ccn1. The monoisotopic (exact) mass is 421 g/mol. The van der Waals surface area contributed by atoms with Gasteiger partial charge >= 0.3 is 6.18 Å². The highest BCUT2D eigenvalue weighted by atomic mass is 32.1. The molecule has 1 aromatic heterocycles. The van der Waals surface area contributed by atoms with Crippen LogP contribution in [0, 0.1) is 5.82 Å². The summed E-state index contributed by atoms with van der Waals surface area (Å²) >= 11 is 4.73. The van der Waals surface area contributed by atoms with Crippen molar-refractivity contribution in [3.05, 3.63) is 65.2 Å². The molecule has 150 valence electrons. The van der Waals surface area contributed by atoms with Crippen LogP contribution < -0.4 is 10.6 Å². The third-order valence-corrected chi connectivity index (χ3v) is 3.75. The van der Waals surface area contributed by atoms with E-state index in [1.54, 1.807) is 0 Å². The maximum absolute atomic E-state index is 13.6. The first kappa shape index (κ1) is 21.6. The highest BCUT2D eigenvalue weighted by Crippen LogP contribution is 2.32. The summed E-state index contributed by atoms with van der Waals surface area (Å²) in [4.78, 5) is 16.4. The zero-order valence-electron chi connectivity index (χ0n) is 13.9. The van der Waals surface area contributed by atoms with Crippen molar-refractivity contribution in [3.63, 3.8) is 0 Å². The van der Waals surface area contributed by atoms with Gasteiger partial charge in [0.25, 0.3) is 6.43 Å². The Hall–Kier alpha value is -2.69. The predicted octanol–water partition coefficient (Wildman–Crippen LogP) is 3.63. The number of halogens is 6. The first-order valence-corrected chi connectivity index (χ1v) is 8.14. The topological polar surface area (TPSA) is 54.0 Å². The third kappa shape index (κ3) is 5.91. The van der Waals surface area contributed by atoms with Crippen LogP contribution in [0.15, 0.2) is 42.6 Å². The largest absolute Gasteiger partial charge is 0.416 e. The number of nitrogens with zero attached hydrogens (tertiary/aromatic N) is 1. The Morgan fingerprint density at radius 3 is 2.50 bits per heavy atom. The molecule has 1 unspecified atom stereocenters. The average molecular weight is 421 g/mol. The van der Waals surface area contributed by atoms with Crippen LogP contribution in [-0.4, -0.2) is 29.0 Å². The number of carbonyl (C=O) groups excluding carboxylic acids is 1. The van der Waals surface area contributed by atoms with Crippen LogP contribution in [0.1, 0.15) is 22.7 Å². The number of amides is 1. The van der Waals surface area contributed by atoms with Gasteiger partial charge < -0.3 is 10.6 Å². The number of hydrogen-bond acceptors (Lipinski definition) is 3. The number of pyridine rings is 1. The van der Waals surface area contributed by atoms with E-state index in [1.807, 2.05) is 0 Å². The maximum atomic E-state index is 13.6. The van der Waals surface area contributed by atoms with Crippen LogP contribution in [0.25, 0.3) is 0 Å². The van der Waals surface area contributed by atoms with E-state index in [9.17, 15) is 31.1 Å². The molecule has 0 aliphatic heterocycles. The van der Waals surface area contributed by atoms with Gasteiger partial charge in [-0.1, -0.05) is 12.1 Å². The second kappa shape index (κ2) is 9.00. The number of thiocarbonyl (C=S) groups is 1. The summed E-state index contributed by atoms with van der Waals surface area (Å²) in [5, 5.41) is 3.76. The summed E-state index contributed by atoms with van der Waals surface area (Å²) < 4.78 is 77.0. The molecule has 2 aromatic rings. The van der Waals surface area contributed by atoms with Crippen molar-refractivity contribution >= 4 is 23.2 Å². The van der Waals surface area contributed by atoms with Gasteiger partial charge in [0.1, 0.15) is 11.7 Å². The molecule has 11 heteroatoms. The van der Waals surface area contributed by atoms with Crippen LogP contribution in [0.2, 0.25) is 0 Å². The minimum absolute atomic E-state index is 0.0148. The van der Waals surface area contributed by atoms with E-state index < -0.39 is 47.5 Å². The predicted molar refractivity (Wildman–Crippen MR) is 92.2 cm³/mol. The van der Waals surface area contributed by atoms with Crippen molar-refractivity contribution in [2.24, 2.45) is 0 Å². The number of benzene rings is 1. The Labute approximate surface area is 161 Å². The van der Waals surface area contributed by atoms with Gasteiger partial charge in [0.2, 0.25) is 5.91 Å². The van der Waals surface area contributed by atoms with Crippen molar-refractivity contribution in [1.82, 2.24) is 15.6 Å². The number of hydrogen-bond donors (Lipinski definition) is 2. The third-order valence-electron chi connectivity index (χ3n) is 3.50. The lowest BCUT2D eigenvalue weighted by Crippen LogP contribution is -2.43. The molecule has 0 aliphatic carbocycles. The lowest BCUT2D eigenvalue weighted by Gasteiger charge is -2.19. The maximum Gasteiger partial charge on any atom is 0.416 e. The van der Waals surface area contributed by atoms with Gasteiger partial charge in [-0.3, -0.25) is 9.78 Å². The fourth-order valence-electron chi connectivity index (χ4n) is 2.32. The molecular weight excluding hydrogens is 408 g/mol. The zero-order chi connectivity index (χ0) is 20.9. The van der Waals surface area contributed by atoms with E-state index in [0.29, 0.717) is 6.07 Å². The van der Waals surface area contributed by atoms with Gasteiger partial charge in [-0.15, -0.1) is 0 Å². The summed E-state index contributed by atoms with van der Waals surface area (Å²) in [5.74, 6) is -3.13. The van der Waals surface area contributed by atoms with Gasteiger partial charge in [-0.2, -0.15) is 13.2 Å². The smallest absolute Gasteiger partial charge is 0.357 e. The summed E-state index contributed by atoms with van der Waals surface area (Å²) in [7, 11) is 0. The second-order valence-electron chi connectivity index (χ2n) is 5.55. The minimum Gasteiger partial charge on any atom is -0.357 e. The van der Waals surface area contributed by atoms with Gasteiger partial charge in [0.05, 0.1) is 17.8 Å². The van der Waals surface area contributed by atoms with Crippen LogP contribution >= 0.6 is 12.2 Å². The van der Waals surface area contributed by atoms with Crippen LogP contribution in [0.5, 0.6) is 0 Å². The molecule has 0 saturated carbocycles. The summed E-state index contributed by atoms with van der Waals surface area (Å²) in [6, 6.07) is 6.02. The first-order valence-electron chi connectivity index (χ1n) is 7.73. The van der Waals surface area contributed by atoms with Crippen molar-refractivity contribution in [3.8, 4) is 0 Å². The summed E-state index contributed by atoms with van der Waals surface area (Å²) in [6.07, 6.45) is -6.56. The van der Waals surface area contributed by atoms with Crippen LogP contribution in [0.3, 0.4) is 0 Å². The molecule has 1 amide bonds. The van der Waals surface area contributed by atoms with E-state index in [-0.39, 0.29) is 11.3 Å².